The highest BCUT2D eigenvalue weighted by Gasteiger charge is 2.18. The molecular formula is C12H15N5O2. The molecule has 7 nitrogen and oxygen atoms in total. The third-order valence-corrected chi connectivity index (χ3v) is 2.67. The number of aromatic nitrogens is 4. The number of nitrogens with two attached hydrogens (primary N) is 1. The van der Waals surface area contributed by atoms with Crippen molar-refractivity contribution in [1.29, 1.82) is 0 Å². The summed E-state index contributed by atoms with van der Waals surface area (Å²) in [6.45, 7) is 3.87. The molecule has 0 unspecified atom stereocenters. The number of carboxylic acid groups (broad SMARTS) is 1. The first-order valence-electron chi connectivity index (χ1n) is 6.00. The molecule has 0 atom stereocenters. The third kappa shape index (κ3) is 2.40. The average Bonchev–Trinajstić information content (AvgIpc) is 2.81. The predicted molar refractivity (Wildman–Crippen MR) is 69.3 cm³/mol. The lowest BCUT2D eigenvalue weighted by atomic mass is 10.2. The molecule has 100 valence electrons. The van der Waals surface area contributed by atoms with Gasteiger partial charge in [0.2, 0.25) is 0 Å². The fraction of sp³-hybridized carbons (Fsp3) is 0.333. The number of pyridine rings is 1. The summed E-state index contributed by atoms with van der Waals surface area (Å²) < 4.78 is 1.47. The second-order valence-electron chi connectivity index (χ2n) is 4.01. The van der Waals surface area contributed by atoms with Crippen molar-refractivity contribution in [2.24, 2.45) is 0 Å². The second kappa shape index (κ2) is 5.05. The van der Waals surface area contributed by atoms with Crippen LogP contribution < -0.4 is 5.73 Å². The second-order valence-corrected chi connectivity index (χ2v) is 4.01. The van der Waals surface area contributed by atoms with Crippen molar-refractivity contribution in [3.8, 4) is 5.82 Å². The van der Waals surface area contributed by atoms with E-state index in [-0.39, 0.29) is 11.4 Å². The minimum atomic E-state index is -1.09. The van der Waals surface area contributed by atoms with E-state index >= 15 is 0 Å². The van der Waals surface area contributed by atoms with Crippen LogP contribution in [0.25, 0.3) is 5.82 Å². The van der Waals surface area contributed by atoms with E-state index in [0.717, 1.165) is 0 Å². The summed E-state index contributed by atoms with van der Waals surface area (Å²) in [5, 5.41) is 13.5. The van der Waals surface area contributed by atoms with Crippen LogP contribution in [0.15, 0.2) is 12.3 Å². The van der Waals surface area contributed by atoms with Crippen LogP contribution >= 0.6 is 0 Å². The van der Waals surface area contributed by atoms with Gasteiger partial charge in [-0.05, 0) is 6.07 Å². The van der Waals surface area contributed by atoms with Crippen LogP contribution in [0.2, 0.25) is 0 Å². The molecule has 0 radical (unpaired) electrons. The number of aromatic carboxylic acids is 1. The molecular weight excluding hydrogens is 246 g/mol. The Morgan fingerprint density at radius 2 is 2.16 bits per heavy atom. The molecule has 2 aromatic rings. The van der Waals surface area contributed by atoms with Gasteiger partial charge in [0.25, 0.3) is 0 Å². The Labute approximate surface area is 110 Å². The van der Waals surface area contributed by atoms with E-state index in [1.54, 1.807) is 0 Å². The van der Waals surface area contributed by atoms with Crippen LogP contribution in [0.3, 0.4) is 0 Å². The molecule has 0 spiro atoms. The molecule has 0 saturated heterocycles. The van der Waals surface area contributed by atoms with Crippen molar-refractivity contribution in [1.82, 2.24) is 19.7 Å². The maximum atomic E-state index is 11.3. The quantitative estimate of drug-likeness (QED) is 0.852. The first kappa shape index (κ1) is 13.0. The van der Waals surface area contributed by atoms with Gasteiger partial charge in [0.05, 0.1) is 11.9 Å². The van der Waals surface area contributed by atoms with Gasteiger partial charge < -0.3 is 10.8 Å². The monoisotopic (exact) mass is 261 g/mol. The summed E-state index contributed by atoms with van der Waals surface area (Å²) in [7, 11) is 0. The van der Waals surface area contributed by atoms with E-state index in [4.69, 9.17) is 5.73 Å². The van der Waals surface area contributed by atoms with Gasteiger partial charge >= 0.3 is 5.97 Å². The first-order valence-corrected chi connectivity index (χ1v) is 6.00. The third-order valence-electron chi connectivity index (χ3n) is 2.67. The molecule has 0 aliphatic heterocycles. The van der Waals surface area contributed by atoms with Crippen molar-refractivity contribution in [2.45, 2.75) is 26.7 Å². The topological polar surface area (TPSA) is 107 Å². The van der Waals surface area contributed by atoms with Crippen molar-refractivity contribution in [2.75, 3.05) is 5.73 Å². The lowest BCUT2D eigenvalue weighted by Crippen LogP contribution is -2.12. The summed E-state index contributed by atoms with van der Waals surface area (Å²) in [4.78, 5) is 19.7. The zero-order chi connectivity index (χ0) is 14.0. The summed E-state index contributed by atoms with van der Waals surface area (Å²) in [5.41, 5.74) is 5.89. The molecule has 0 fully saturated rings. The smallest absolute Gasteiger partial charge is 0.339 e. The van der Waals surface area contributed by atoms with Gasteiger partial charge in [0.15, 0.2) is 11.6 Å². The van der Waals surface area contributed by atoms with Gasteiger partial charge in [-0.1, -0.05) is 13.8 Å². The molecule has 2 rings (SSSR count). The average molecular weight is 261 g/mol. The van der Waals surface area contributed by atoms with Crippen molar-refractivity contribution >= 4 is 11.7 Å². The van der Waals surface area contributed by atoms with E-state index in [0.29, 0.717) is 30.2 Å². The van der Waals surface area contributed by atoms with Crippen molar-refractivity contribution in [3.63, 3.8) is 0 Å². The zero-order valence-corrected chi connectivity index (χ0v) is 10.8. The molecule has 2 aromatic heterocycles. The number of nitrogen functional groups attached to an aromatic ring is 1. The summed E-state index contributed by atoms with van der Waals surface area (Å²) in [5.74, 6) is 0.486. The fourth-order valence-corrected chi connectivity index (χ4v) is 1.74. The number of hydrogen-bond acceptors (Lipinski definition) is 5. The number of nitrogens with zero attached hydrogens (tertiary/aromatic N) is 4. The van der Waals surface area contributed by atoms with Crippen LogP contribution in [0.4, 0.5) is 5.69 Å². The highest BCUT2D eigenvalue weighted by atomic mass is 16.4. The highest BCUT2D eigenvalue weighted by Crippen LogP contribution is 2.16. The number of rotatable bonds is 4. The maximum Gasteiger partial charge on any atom is 0.339 e. The molecule has 0 bridgehead atoms. The Hall–Kier alpha value is -2.44. The lowest BCUT2D eigenvalue weighted by Gasteiger charge is -2.07. The van der Waals surface area contributed by atoms with E-state index in [2.05, 4.69) is 15.1 Å². The molecule has 2 heterocycles. The summed E-state index contributed by atoms with van der Waals surface area (Å²) >= 11 is 0. The largest absolute Gasteiger partial charge is 0.478 e. The molecule has 0 saturated carbocycles. The Bertz CT molecular complexity index is 621. The van der Waals surface area contributed by atoms with Gasteiger partial charge in [-0.2, -0.15) is 4.68 Å². The Morgan fingerprint density at radius 3 is 2.74 bits per heavy atom. The van der Waals surface area contributed by atoms with Gasteiger partial charge in [0.1, 0.15) is 11.4 Å². The van der Waals surface area contributed by atoms with Gasteiger partial charge in [-0.25, -0.2) is 14.8 Å². The standard InChI is InChI=1S/C12H15N5O2/c1-3-9-15-10(4-2)17(16-9)11-8(12(18)19)5-7(13)6-14-11/h5-6H,3-4,13H2,1-2H3,(H,18,19). The van der Waals surface area contributed by atoms with E-state index < -0.39 is 5.97 Å². The number of anilines is 1. The van der Waals surface area contributed by atoms with Crippen LogP contribution in [0.5, 0.6) is 0 Å². The van der Waals surface area contributed by atoms with Crippen LogP contribution in [-0.2, 0) is 12.8 Å². The molecule has 7 heteroatoms. The predicted octanol–water partition coefficient (Wildman–Crippen LogP) is 1.07. The van der Waals surface area contributed by atoms with Crippen molar-refractivity contribution in [3.05, 3.63) is 29.5 Å². The van der Waals surface area contributed by atoms with E-state index in [1.807, 2.05) is 13.8 Å². The van der Waals surface area contributed by atoms with E-state index in [9.17, 15) is 9.90 Å². The van der Waals surface area contributed by atoms with E-state index in [1.165, 1.54) is 16.9 Å². The van der Waals surface area contributed by atoms with Crippen molar-refractivity contribution < 1.29 is 9.90 Å². The Balaban J connectivity index is 2.64. The number of aryl methyl sites for hydroxylation is 2. The Morgan fingerprint density at radius 1 is 1.42 bits per heavy atom. The fourth-order valence-electron chi connectivity index (χ4n) is 1.74. The SMILES string of the molecule is CCc1nc(CC)n(-c2ncc(N)cc2C(=O)O)n1. The van der Waals surface area contributed by atoms with Gasteiger partial charge in [-0.15, -0.1) is 5.10 Å². The van der Waals surface area contributed by atoms with Crippen LogP contribution in [-0.4, -0.2) is 30.8 Å². The highest BCUT2D eigenvalue weighted by molar-refractivity contribution is 5.92. The molecule has 0 aromatic carbocycles. The normalized spacial score (nSPS) is 10.6. The minimum absolute atomic E-state index is 0.0160. The summed E-state index contributed by atoms with van der Waals surface area (Å²) in [6.07, 6.45) is 2.73. The molecule has 0 amide bonds. The zero-order valence-electron chi connectivity index (χ0n) is 10.8. The maximum absolute atomic E-state index is 11.3. The number of carbonyl (C=O) groups is 1. The number of carboxylic acids is 1. The van der Waals surface area contributed by atoms with Gasteiger partial charge in [0, 0.05) is 12.8 Å². The minimum Gasteiger partial charge on any atom is -0.478 e. The molecule has 19 heavy (non-hydrogen) atoms. The lowest BCUT2D eigenvalue weighted by molar-refractivity contribution is 0.0696. The summed E-state index contributed by atoms with van der Waals surface area (Å²) in [6, 6.07) is 1.37. The number of hydrogen-bond donors (Lipinski definition) is 2. The Kier molecular flexibility index (Phi) is 3.46. The van der Waals surface area contributed by atoms with Crippen LogP contribution in [0.1, 0.15) is 35.9 Å². The molecule has 0 aliphatic carbocycles. The molecule has 3 N–H and O–H groups in total. The van der Waals surface area contributed by atoms with Crippen LogP contribution in [0, 0.1) is 0 Å². The molecule has 0 aliphatic rings. The van der Waals surface area contributed by atoms with Gasteiger partial charge in [-0.3, -0.25) is 0 Å². The first-order chi connectivity index (χ1) is 9.06.